The van der Waals surface area contributed by atoms with Crippen molar-refractivity contribution in [2.24, 2.45) is 5.92 Å². The molecular weight excluding hydrogens is 227 g/mol. The lowest BCUT2D eigenvalue weighted by molar-refractivity contribution is 0.0690. The van der Waals surface area contributed by atoms with E-state index in [9.17, 15) is 14.0 Å². The van der Waals surface area contributed by atoms with E-state index in [1.165, 1.54) is 7.11 Å². The molecule has 17 heavy (non-hydrogen) atoms. The lowest BCUT2D eigenvalue weighted by Gasteiger charge is -2.11. The van der Waals surface area contributed by atoms with Gasteiger partial charge in [-0.1, -0.05) is 13.8 Å². The number of aromatic carboxylic acids is 1. The topological polar surface area (TPSA) is 63.6 Å². The molecule has 1 aromatic carbocycles. The normalized spacial score (nSPS) is 10.4. The molecule has 0 aliphatic carbocycles. The number of ether oxygens (including phenoxy) is 1. The van der Waals surface area contributed by atoms with Crippen LogP contribution in [0.3, 0.4) is 0 Å². The number of ketones is 1. The Balaban J connectivity index is 3.38. The van der Waals surface area contributed by atoms with Crippen molar-refractivity contribution in [2.45, 2.75) is 13.8 Å². The summed E-state index contributed by atoms with van der Waals surface area (Å²) in [4.78, 5) is 22.5. The summed E-state index contributed by atoms with van der Waals surface area (Å²) in [5.74, 6) is -2.88. The largest absolute Gasteiger partial charge is 0.496 e. The first kappa shape index (κ1) is 13.2. The second-order valence-electron chi connectivity index (χ2n) is 3.86. The first-order valence-electron chi connectivity index (χ1n) is 5.03. The molecule has 0 atom stereocenters. The summed E-state index contributed by atoms with van der Waals surface area (Å²) in [6, 6.07) is 1.93. The van der Waals surface area contributed by atoms with Crippen molar-refractivity contribution >= 4 is 11.8 Å². The van der Waals surface area contributed by atoms with Crippen molar-refractivity contribution in [3.8, 4) is 5.75 Å². The third-order valence-corrected chi connectivity index (χ3v) is 2.31. The summed E-state index contributed by atoms with van der Waals surface area (Å²) in [7, 11) is 1.30. The predicted octanol–water partition coefficient (Wildman–Crippen LogP) is 2.37. The Hall–Kier alpha value is -1.91. The first-order valence-corrected chi connectivity index (χ1v) is 5.03. The molecular formula is C12H13FO4. The number of carbonyl (C=O) groups excluding carboxylic acids is 1. The standard InChI is InChI=1S/C12H13FO4/c1-6(2)11(14)8-4-9(13)7(12(15)16)5-10(8)17-3/h4-6H,1-3H3,(H,15,16). The number of carbonyl (C=O) groups is 2. The molecule has 0 spiro atoms. The average molecular weight is 240 g/mol. The van der Waals surface area contributed by atoms with Gasteiger partial charge < -0.3 is 9.84 Å². The molecule has 5 heteroatoms. The summed E-state index contributed by atoms with van der Waals surface area (Å²) >= 11 is 0. The quantitative estimate of drug-likeness (QED) is 0.820. The highest BCUT2D eigenvalue weighted by molar-refractivity contribution is 6.01. The Morgan fingerprint density at radius 1 is 1.29 bits per heavy atom. The Bertz CT molecular complexity index is 466. The molecule has 0 radical (unpaired) electrons. The van der Waals surface area contributed by atoms with Crippen LogP contribution in [0.2, 0.25) is 0 Å². The number of methoxy groups -OCH3 is 1. The lowest BCUT2D eigenvalue weighted by Crippen LogP contribution is -2.12. The zero-order chi connectivity index (χ0) is 13.2. The van der Waals surface area contributed by atoms with Gasteiger partial charge >= 0.3 is 5.97 Å². The van der Waals surface area contributed by atoms with Crippen LogP contribution in [0.15, 0.2) is 12.1 Å². The van der Waals surface area contributed by atoms with Crippen LogP contribution in [0.5, 0.6) is 5.75 Å². The molecule has 4 nitrogen and oxygen atoms in total. The van der Waals surface area contributed by atoms with Crippen molar-refractivity contribution in [1.29, 1.82) is 0 Å². The summed E-state index contributed by atoms with van der Waals surface area (Å²) in [6.07, 6.45) is 0. The van der Waals surface area contributed by atoms with Crippen molar-refractivity contribution in [1.82, 2.24) is 0 Å². The maximum atomic E-state index is 13.5. The van der Waals surface area contributed by atoms with Crippen LogP contribution in [0.1, 0.15) is 34.6 Å². The second kappa shape index (κ2) is 4.95. The van der Waals surface area contributed by atoms with Crippen LogP contribution in [-0.4, -0.2) is 24.0 Å². The molecule has 0 saturated carbocycles. The van der Waals surface area contributed by atoms with Crippen molar-refractivity contribution in [2.75, 3.05) is 7.11 Å². The van der Waals surface area contributed by atoms with E-state index >= 15 is 0 Å². The Kier molecular flexibility index (Phi) is 3.83. The molecule has 0 amide bonds. The van der Waals surface area contributed by atoms with Crippen molar-refractivity contribution < 1.29 is 23.8 Å². The van der Waals surface area contributed by atoms with Gasteiger partial charge in [-0.15, -0.1) is 0 Å². The van der Waals surface area contributed by atoms with Gasteiger partial charge in [0.05, 0.1) is 18.2 Å². The number of halogens is 1. The molecule has 1 N–H and O–H groups in total. The minimum atomic E-state index is -1.40. The van der Waals surface area contributed by atoms with Gasteiger partial charge in [0.15, 0.2) is 5.78 Å². The molecule has 92 valence electrons. The van der Waals surface area contributed by atoms with E-state index in [0.717, 1.165) is 12.1 Å². The maximum Gasteiger partial charge on any atom is 0.338 e. The van der Waals surface area contributed by atoms with Gasteiger partial charge in [0.25, 0.3) is 0 Å². The molecule has 0 aliphatic heterocycles. The van der Waals surface area contributed by atoms with E-state index in [1.807, 2.05) is 0 Å². The number of benzene rings is 1. The lowest BCUT2D eigenvalue weighted by atomic mass is 9.98. The number of hydrogen-bond acceptors (Lipinski definition) is 3. The van der Waals surface area contributed by atoms with Gasteiger partial charge in [-0.05, 0) is 12.1 Å². The molecule has 0 bridgehead atoms. The van der Waals surface area contributed by atoms with Gasteiger partial charge in [0.2, 0.25) is 0 Å². The average Bonchev–Trinajstić information content (AvgIpc) is 2.27. The second-order valence-corrected chi connectivity index (χ2v) is 3.86. The zero-order valence-electron chi connectivity index (χ0n) is 9.78. The third kappa shape index (κ3) is 2.61. The fraction of sp³-hybridized carbons (Fsp3) is 0.333. The van der Waals surface area contributed by atoms with E-state index in [-0.39, 0.29) is 23.0 Å². The molecule has 0 saturated heterocycles. The molecule has 0 heterocycles. The number of Topliss-reactive ketones (excluding diaryl/α,β-unsaturated/α-hetero) is 1. The minimum absolute atomic E-state index is 0.0602. The summed E-state index contributed by atoms with van der Waals surface area (Å²) in [5, 5.41) is 8.74. The summed E-state index contributed by atoms with van der Waals surface area (Å²) in [6.45, 7) is 3.34. The maximum absolute atomic E-state index is 13.5. The Labute approximate surface area is 98.0 Å². The van der Waals surface area contributed by atoms with Crippen LogP contribution in [-0.2, 0) is 0 Å². The zero-order valence-corrected chi connectivity index (χ0v) is 9.78. The van der Waals surface area contributed by atoms with E-state index in [4.69, 9.17) is 9.84 Å². The first-order chi connectivity index (χ1) is 7.88. The smallest absolute Gasteiger partial charge is 0.338 e. The van der Waals surface area contributed by atoms with Gasteiger partial charge in [-0.2, -0.15) is 0 Å². The van der Waals surface area contributed by atoms with Crippen molar-refractivity contribution in [3.05, 3.63) is 29.1 Å². The summed E-state index contributed by atoms with van der Waals surface area (Å²) < 4.78 is 18.4. The number of carboxylic acid groups (broad SMARTS) is 1. The van der Waals surface area contributed by atoms with E-state index in [0.29, 0.717) is 0 Å². The number of rotatable bonds is 4. The predicted molar refractivity (Wildman–Crippen MR) is 59.1 cm³/mol. The van der Waals surface area contributed by atoms with Crippen LogP contribution >= 0.6 is 0 Å². The molecule has 1 rings (SSSR count). The van der Waals surface area contributed by atoms with Crippen LogP contribution in [0.25, 0.3) is 0 Å². The van der Waals surface area contributed by atoms with Gasteiger partial charge in [-0.25, -0.2) is 9.18 Å². The molecule has 0 fully saturated rings. The molecule has 0 unspecified atom stereocenters. The SMILES string of the molecule is COc1cc(C(=O)O)c(F)cc1C(=O)C(C)C. The molecule has 0 aliphatic rings. The van der Waals surface area contributed by atoms with Crippen molar-refractivity contribution in [3.63, 3.8) is 0 Å². The van der Waals surface area contributed by atoms with E-state index in [1.54, 1.807) is 13.8 Å². The van der Waals surface area contributed by atoms with Gasteiger partial charge in [0, 0.05) is 5.92 Å². The highest BCUT2D eigenvalue weighted by atomic mass is 19.1. The third-order valence-electron chi connectivity index (χ3n) is 2.31. The minimum Gasteiger partial charge on any atom is -0.496 e. The van der Waals surface area contributed by atoms with Gasteiger partial charge in [0.1, 0.15) is 11.6 Å². The fourth-order valence-corrected chi connectivity index (χ4v) is 1.39. The highest BCUT2D eigenvalue weighted by Gasteiger charge is 2.21. The molecule has 1 aromatic rings. The monoisotopic (exact) mass is 240 g/mol. The summed E-state index contributed by atoms with van der Waals surface area (Å²) in [5.41, 5.74) is -0.452. The van der Waals surface area contributed by atoms with Crippen LogP contribution in [0.4, 0.5) is 4.39 Å². The Morgan fingerprint density at radius 2 is 1.88 bits per heavy atom. The van der Waals surface area contributed by atoms with Crippen LogP contribution in [0, 0.1) is 11.7 Å². The number of carboxylic acids is 1. The fourth-order valence-electron chi connectivity index (χ4n) is 1.39. The van der Waals surface area contributed by atoms with E-state index < -0.39 is 17.3 Å². The van der Waals surface area contributed by atoms with E-state index in [2.05, 4.69) is 0 Å². The number of hydrogen-bond donors (Lipinski definition) is 1. The highest BCUT2D eigenvalue weighted by Crippen LogP contribution is 2.25. The molecule has 0 aromatic heterocycles. The Morgan fingerprint density at radius 3 is 2.29 bits per heavy atom. The van der Waals surface area contributed by atoms with Crippen LogP contribution < -0.4 is 4.74 Å². The van der Waals surface area contributed by atoms with Gasteiger partial charge in [-0.3, -0.25) is 4.79 Å².